The highest BCUT2D eigenvalue weighted by molar-refractivity contribution is 6.02. The smallest absolute Gasteiger partial charge is 0.147 e. The lowest BCUT2D eigenvalue weighted by atomic mass is 9.67. The van der Waals surface area contributed by atoms with Gasteiger partial charge in [-0.25, -0.2) is 0 Å². The van der Waals surface area contributed by atoms with E-state index in [1.54, 1.807) is 0 Å². The summed E-state index contributed by atoms with van der Waals surface area (Å²) in [5, 5.41) is 0. The van der Waals surface area contributed by atoms with Gasteiger partial charge >= 0.3 is 0 Å². The van der Waals surface area contributed by atoms with E-state index in [9.17, 15) is 4.79 Å². The minimum Gasteiger partial charge on any atom is -0.298 e. The Hall–Kier alpha value is -1.89. The first-order chi connectivity index (χ1) is 9.34. The van der Waals surface area contributed by atoms with Crippen LogP contribution in [0.5, 0.6) is 0 Å². The topological polar surface area (TPSA) is 17.1 Å². The number of ketones is 1. The van der Waals surface area contributed by atoms with E-state index >= 15 is 0 Å². The van der Waals surface area contributed by atoms with E-state index in [0.717, 1.165) is 25.7 Å². The predicted molar refractivity (Wildman–Crippen MR) is 76.1 cm³/mol. The van der Waals surface area contributed by atoms with Gasteiger partial charge in [-0.3, -0.25) is 4.79 Å². The van der Waals surface area contributed by atoms with Crippen molar-refractivity contribution in [3.05, 3.63) is 59.7 Å². The van der Waals surface area contributed by atoms with Gasteiger partial charge in [-0.05, 0) is 35.1 Å². The normalized spacial score (nSPS) is 19.3. The fourth-order valence-corrected chi connectivity index (χ4v) is 3.92. The quantitative estimate of drug-likeness (QED) is 0.686. The molecular formula is C18H16O. The summed E-state index contributed by atoms with van der Waals surface area (Å²) in [5.74, 6) is 0.413. The molecule has 0 bridgehead atoms. The van der Waals surface area contributed by atoms with E-state index in [-0.39, 0.29) is 5.41 Å². The summed E-state index contributed by atoms with van der Waals surface area (Å²) in [6, 6.07) is 16.9. The van der Waals surface area contributed by atoms with E-state index in [1.807, 2.05) is 0 Å². The highest BCUT2D eigenvalue weighted by atomic mass is 16.1. The summed E-state index contributed by atoms with van der Waals surface area (Å²) in [7, 11) is 0. The number of hydrogen-bond acceptors (Lipinski definition) is 1. The van der Waals surface area contributed by atoms with Crippen molar-refractivity contribution in [2.45, 2.75) is 31.1 Å². The molecule has 0 heterocycles. The van der Waals surface area contributed by atoms with E-state index in [1.165, 1.54) is 22.3 Å². The number of Topliss-reactive ketones (excluding diaryl/α,β-unsaturated/α-hetero) is 1. The van der Waals surface area contributed by atoms with Gasteiger partial charge in [0, 0.05) is 6.42 Å². The fourth-order valence-electron chi connectivity index (χ4n) is 3.92. The lowest BCUT2D eigenvalue weighted by Crippen LogP contribution is -2.37. The Balaban J connectivity index is 2.08. The van der Waals surface area contributed by atoms with Crippen LogP contribution in [0.25, 0.3) is 11.1 Å². The monoisotopic (exact) mass is 248 g/mol. The van der Waals surface area contributed by atoms with Gasteiger partial charge in [-0.1, -0.05) is 55.0 Å². The van der Waals surface area contributed by atoms with E-state index < -0.39 is 0 Å². The summed E-state index contributed by atoms with van der Waals surface area (Å²) in [6.45, 7) is 0. The van der Waals surface area contributed by atoms with Crippen LogP contribution < -0.4 is 0 Å². The second kappa shape index (κ2) is 3.80. The Morgan fingerprint density at radius 2 is 1.37 bits per heavy atom. The highest BCUT2D eigenvalue weighted by Gasteiger charge is 2.48. The fraction of sp³-hybridized carbons (Fsp3) is 0.278. The number of hydrogen-bond donors (Lipinski definition) is 0. The second-order valence-corrected chi connectivity index (χ2v) is 5.63. The first-order valence-electron chi connectivity index (χ1n) is 7.07. The molecule has 0 aliphatic heterocycles. The molecule has 4 rings (SSSR count). The minimum absolute atomic E-state index is 0.342. The average molecular weight is 248 g/mol. The highest BCUT2D eigenvalue weighted by Crippen LogP contribution is 2.53. The minimum atomic E-state index is -0.342. The molecule has 1 fully saturated rings. The van der Waals surface area contributed by atoms with Gasteiger partial charge in [-0.2, -0.15) is 0 Å². The maximum absolute atomic E-state index is 12.7. The van der Waals surface area contributed by atoms with Crippen LogP contribution in [-0.4, -0.2) is 5.78 Å². The lowest BCUT2D eigenvalue weighted by molar-refractivity contribution is -0.124. The van der Waals surface area contributed by atoms with Gasteiger partial charge in [0.1, 0.15) is 5.78 Å². The molecular weight excluding hydrogens is 232 g/mol. The molecule has 2 aliphatic carbocycles. The third kappa shape index (κ3) is 1.28. The molecule has 1 nitrogen and oxygen atoms in total. The van der Waals surface area contributed by atoms with E-state index in [4.69, 9.17) is 0 Å². The molecule has 0 atom stereocenters. The van der Waals surface area contributed by atoms with Gasteiger partial charge in [0.15, 0.2) is 0 Å². The van der Waals surface area contributed by atoms with Crippen LogP contribution in [0.2, 0.25) is 0 Å². The Morgan fingerprint density at radius 1 is 0.789 bits per heavy atom. The van der Waals surface area contributed by atoms with Crippen LogP contribution in [0.15, 0.2) is 48.5 Å². The maximum atomic E-state index is 12.7. The van der Waals surface area contributed by atoms with Crippen molar-refractivity contribution in [1.82, 2.24) is 0 Å². The van der Waals surface area contributed by atoms with Crippen LogP contribution in [0.3, 0.4) is 0 Å². The molecule has 0 amide bonds. The van der Waals surface area contributed by atoms with Crippen molar-refractivity contribution in [1.29, 1.82) is 0 Å². The molecule has 0 unspecified atom stereocenters. The lowest BCUT2D eigenvalue weighted by Gasteiger charge is -2.34. The second-order valence-electron chi connectivity index (χ2n) is 5.63. The van der Waals surface area contributed by atoms with E-state index in [0.29, 0.717) is 5.78 Å². The van der Waals surface area contributed by atoms with Gasteiger partial charge in [0.25, 0.3) is 0 Å². The molecule has 0 saturated heterocycles. The maximum Gasteiger partial charge on any atom is 0.147 e. The molecule has 1 heteroatoms. The molecule has 0 radical (unpaired) electrons. The number of fused-ring (bicyclic) bond motifs is 5. The Kier molecular flexibility index (Phi) is 2.20. The van der Waals surface area contributed by atoms with Gasteiger partial charge in [0.2, 0.25) is 0 Å². The zero-order valence-electron chi connectivity index (χ0n) is 10.9. The van der Waals surface area contributed by atoms with Crippen molar-refractivity contribution in [2.75, 3.05) is 0 Å². The summed E-state index contributed by atoms with van der Waals surface area (Å²) < 4.78 is 0. The van der Waals surface area contributed by atoms with Gasteiger partial charge < -0.3 is 0 Å². The summed E-state index contributed by atoms with van der Waals surface area (Å²) in [4.78, 5) is 12.7. The molecule has 19 heavy (non-hydrogen) atoms. The third-order valence-electron chi connectivity index (χ3n) is 4.75. The zero-order chi connectivity index (χ0) is 12.9. The van der Waals surface area contributed by atoms with Crippen LogP contribution in [0, 0.1) is 0 Å². The van der Waals surface area contributed by atoms with Crippen molar-refractivity contribution in [2.24, 2.45) is 0 Å². The number of rotatable bonds is 0. The molecule has 0 N–H and O–H groups in total. The van der Waals surface area contributed by atoms with Gasteiger partial charge in [0.05, 0.1) is 5.41 Å². The third-order valence-corrected chi connectivity index (χ3v) is 4.75. The molecule has 1 spiro atoms. The first kappa shape index (κ1) is 11.0. The molecule has 2 aromatic carbocycles. The number of benzene rings is 2. The van der Waals surface area contributed by atoms with Gasteiger partial charge in [-0.15, -0.1) is 0 Å². The summed E-state index contributed by atoms with van der Waals surface area (Å²) in [6.07, 6.45) is 3.89. The molecule has 94 valence electrons. The van der Waals surface area contributed by atoms with Crippen molar-refractivity contribution >= 4 is 5.78 Å². The number of carbonyl (C=O) groups excluding carboxylic acids is 1. The Morgan fingerprint density at radius 3 is 1.95 bits per heavy atom. The average Bonchev–Trinajstić information content (AvgIpc) is 2.75. The molecule has 0 aromatic heterocycles. The van der Waals surface area contributed by atoms with Crippen molar-refractivity contribution in [3.63, 3.8) is 0 Å². The SMILES string of the molecule is O=C1CCCCC12c1ccccc1-c1ccccc12. The summed E-state index contributed by atoms with van der Waals surface area (Å²) >= 11 is 0. The zero-order valence-corrected chi connectivity index (χ0v) is 10.9. The Labute approximate surface area is 113 Å². The predicted octanol–water partition coefficient (Wildman–Crippen LogP) is 4.10. The van der Waals surface area contributed by atoms with Crippen molar-refractivity contribution < 1.29 is 4.79 Å². The van der Waals surface area contributed by atoms with Crippen LogP contribution in [-0.2, 0) is 10.2 Å². The van der Waals surface area contributed by atoms with Crippen LogP contribution >= 0.6 is 0 Å². The van der Waals surface area contributed by atoms with E-state index in [2.05, 4.69) is 48.5 Å². The summed E-state index contributed by atoms with van der Waals surface area (Å²) in [5.41, 5.74) is 4.65. The van der Waals surface area contributed by atoms with Crippen LogP contribution in [0.4, 0.5) is 0 Å². The molecule has 2 aliphatic rings. The molecule has 1 saturated carbocycles. The Bertz CT molecular complexity index is 623. The largest absolute Gasteiger partial charge is 0.298 e. The first-order valence-corrected chi connectivity index (χ1v) is 7.07. The van der Waals surface area contributed by atoms with Crippen LogP contribution in [0.1, 0.15) is 36.8 Å². The number of carbonyl (C=O) groups is 1. The van der Waals surface area contributed by atoms with Crippen molar-refractivity contribution in [3.8, 4) is 11.1 Å². The standard InChI is InChI=1S/C18H16O/c19-17-11-5-6-12-18(17)15-9-3-1-7-13(15)14-8-2-4-10-16(14)18/h1-4,7-10H,5-6,11-12H2. The molecule has 2 aromatic rings.